The van der Waals surface area contributed by atoms with E-state index < -0.39 is 23.9 Å². The number of carboxylic acid groups (broad SMARTS) is 1. The van der Waals surface area contributed by atoms with Crippen LogP contribution in [0.3, 0.4) is 0 Å². The first kappa shape index (κ1) is 24.3. The zero-order valence-corrected chi connectivity index (χ0v) is 18.9. The first-order chi connectivity index (χ1) is 14.4. The number of likely N-dealkylation sites (N-methyl/N-ethyl adjacent to an activating group) is 1. The summed E-state index contributed by atoms with van der Waals surface area (Å²) in [7, 11) is 0. The fourth-order valence-corrected chi connectivity index (χ4v) is 4.91. The van der Waals surface area contributed by atoms with Gasteiger partial charge in [-0.1, -0.05) is 13.8 Å². The van der Waals surface area contributed by atoms with Crippen LogP contribution >= 0.6 is 11.3 Å². The van der Waals surface area contributed by atoms with Gasteiger partial charge < -0.3 is 25.4 Å². The molecule has 0 bridgehead atoms. The van der Waals surface area contributed by atoms with E-state index in [0.717, 1.165) is 49.2 Å². The third-order valence-corrected chi connectivity index (χ3v) is 6.51. The van der Waals surface area contributed by atoms with Crippen molar-refractivity contribution in [2.45, 2.75) is 58.9 Å². The van der Waals surface area contributed by atoms with E-state index in [4.69, 9.17) is 4.74 Å². The monoisotopic (exact) mass is 439 g/mol. The average Bonchev–Trinajstić information content (AvgIpc) is 3.08. The second kappa shape index (κ2) is 12.0. The molecule has 0 unspecified atom stereocenters. The summed E-state index contributed by atoms with van der Waals surface area (Å²) in [5.41, 5.74) is 1.40. The van der Waals surface area contributed by atoms with Gasteiger partial charge in [0.2, 0.25) is 5.91 Å². The topological polar surface area (TPSA) is 108 Å². The number of esters is 1. The Morgan fingerprint density at radius 3 is 2.50 bits per heavy atom. The highest BCUT2D eigenvalue weighted by Gasteiger charge is 2.28. The van der Waals surface area contributed by atoms with Crippen molar-refractivity contribution in [2.24, 2.45) is 0 Å². The molecule has 1 atom stereocenters. The number of aliphatic carboxylic acids is 1. The van der Waals surface area contributed by atoms with Crippen LogP contribution in [0.15, 0.2) is 0 Å². The largest absolute Gasteiger partial charge is 0.480 e. The molecule has 1 aliphatic rings. The third-order valence-electron chi connectivity index (χ3n) is 5.30. The normalized spacial score (nSPS) is 14.3. The molecule has 1 aliphatic carbocycles. The molecule has 8 nitrogen and oxygen atoms in total. The van der Waals surface area contributed by atoms with E-state index in [9.17, 15) is 19.5 Å². The minimum atomic E-state index is -1.07. The van der Waals surface area contributed by atoms with E-state index in [1.54, 1.807) is 6.92 Å². The van der Waals surface area contributed by atoms with Gasteiger partial charge in [0.25, 0.3) is 0 Å². The molecule has 1 aromatic rings. The van der Waals surface area contributed by atoms with Gasteiger partial charge in [-0.3, -0.25) is 9.59 Å². The second-order valence-electron chi connectivity index (χ2n) is 7.26. The van der Waals surface area contributed by atoms with Gasteiger partial charge in [0.15, 0.2) is 0 Å². The standard InChI is InChI=1S/C21H33N3O5S/c1-4-24(5-2)12-11-22-15(20(26)27)13-17(25)23-19-18(21(28)29-6-3)14-9-7-8-10-16(14)30-19/h15,22H,4-13H2,1-3H3,(H,23,25)(H,26,27)/t15-/m0/s1. The number of rotatable bonds is 12. The van der Waals surface area contributed by atoms with E-state index in [1.807, 2.05) is 13.8 Å². The van der Waals surface area contributed by atoms with Gasteiger partial charge in [0, 0.05) is 18.0 Å². The average molecular weight is 440 g/mol. The van der Waals surface area contributed by atoms with Crippen LogP contribution in [0.2, 0.25) is 0 Å². The maximum atomic E-state index is 12.6. The summed E-state index contributed by atoms with van der Waals surface area (Å²) in [5.74, 6) is -1.93. The zero-order valence-electron chi connectivity index (χ0n) is 18.1. The lowest BCUT2D eigenvalue weighted by atomic mass is 9.95. The Morgan fingerprint density at radius 1 is 1.17 bits per heavy atom. The molecule has 30 heavy (non-hydrogen) atoms. The highest BCUT2D eigenvalue weighted by molar-refractivity contribution is 7.17. The number of hydrogen-bond donors (Lipinski definition) is 3. The molecular formula is C21H33N3O5S. The summed E-state index contributed by atoms with van der Waals surface area (Å²) in [6.45, 7) is 9.06. The minimum Gasteiger partial charge on any atom is -0.480 e. The summed E-state index contributed by atoms with van der Waals surface area (Å²) in [4.78, 5) is 40.0. The number of anilines is 1. The number of thiophene rings is 1. The van der Waals surface area contributed by atoms with Gasteiger partial charge >= 0.3 is 11.9 Å². The van der Waals surface area contributed by atoms with Crippen molar-refractivity contribution in [1.82, 2.24) is 10.2 Å². The van der Waals surface area contributed by atoms with E-state index in [-0.39, 0.29) is 13.0 Å². The summed E-state index contributed by atoms with van der Waals surface area (Å²) in [6, 6.07) is -0.985. The molecule has 0 radical (unpaired) electrons. The minimum absolute atomic E-state index is 0.210. The van der Waals surface area contributed by atoms with Crippen LogP contribution in [0.5, 0.6) is 0 Å². The number of carbonyl (C=O) groups excluding carboxylic acids is 2. The smallest absolute Gasteiger partial charge is 0.341 e. The molecule has 9 heteroatoms. The van der Waals surface area contributed by atoms with Crippen LogP contribution in [0.1, 0.15) is 60.8 Å². The molecular weight excluding hydrogens is 406 g/mol. The Labute approximate surface area is 182 Å². The highest BCUT2D eigenvalue weighted by Crippen LogP contribution is 2.38. The molecule has 3 N–H and O–H groups in total. The number of carboxylic acids is 1. The van der Waals surface area contributed by atoms with Gasteiger partial charge in [-0.25, -0.2) is 4.79 Å². The molecule has 1 amide bonds. The van der Waals surface area contributed by atoms with Crippen LogP contribution in [0, 0.1) is 0 Å². The quantitative estimate of drug-likeness (QED) is 0.430. The Balaban J connectivity index is 2.05. The lowest BCUT2D eigenvalue weighted by Crippen LogP contribution is -2.43. The number of nitrogens with zero attached hydrogens (tertiary/aromatic N) is 1. The Bertz CT molecular complexity index is 745. The molecule has 0 spiro atoms. The number of ether oxygens (including phenoxy) is 1. The number of carbonyl (C=O) groups is 3. The van der Waals surface area contributed by atoms with Crippen molar-refractivity contribution in [3.05, 3.63) is 16.0 Å². The van der Waals surface area contributed by atoms with Gasteiger partial charge in [-0.05, 0) is 51.3 Å². The van der Waals surface area contributed by atoms with Crippen LogP contribution in [0.4, 0.5) is 5.00 Å². The van der Waals surface area contributed by atoms with Crippen molar-refractivity contribution in [1.29, 1.82) is 0 Å². The summed E-state index contributed by atoms with van der Waals surface area (Å²) < 4.78 is 5.20. The van der Waals surface area contributed by atoms with Gasteiger partial charge in [-0.2, -0.15) is 0 Å². The van der Waals surface area contributed by atoms with Crippen molar-refractivity contribution in [2.75, 3.05) is 38.1 Å². The lowest BCUT2D eigenvalue weighted by molar-refractivity contribution is -0.141. The zero-order chi connectivity index (χ0) is 22.1. The molecule has 168 valence electrons. The van der Waals surface area contributed by atoms with E-state index in [0.29, 0.717) is 23.7 Å². The molecule has 0 aromatic carbocycles. The van der Waals surface area contributed by atoms with E-state index in [1.165, 1.54) is 11.3 Å². The molecule has 1 heterocycles. The Hall–Kier alpha value is -1.97. The number of nitrogens with one attached hydrogen (secondary N) is 2. The number of fused-ring (bicyclic) bond motifs is 1. The highest BCUT2D eigenvalue weighted by atomic mass is 32.1. The summed E-state index contributed by atoms with van der Waals surface area (Å²) in [5, 5.41) is 15.7. The van der Waals surface area contributed by atoms with E-state index >= 15 is 0 Å². The molecule has 2 rings (SSSR count). The maximum Gasteiger partial charge on any atom is 0.341 e. The maximum absolute atomic E-state index is 12.6. The lowest BCUT2D eigenvalue weighted by Gasteiger charge is -2.20. The van der Waals surface area contributed by atoms with Crippen molar-refractivity contribution in [3.8, 4) is 0 Å². The summed E-state index contributed by atoms with van der Waals surface area (Å²) in [6.07, 6.45) is 3.52. The molecule has 0 aliphatic heterocycles. The fourth-order valence-electron chi connectivity index (χ4n) is 3.62. The van der Waals surface area contributed by atoms with Crippen molar-refractivity contribution >= 4 is 34.2 Å². The Kier molecular flexibility index (Phi) is 9.74. The van der Waals surface area contributed by atoms with Gasteiger partial charge in [0.1, 0.15) is 11.0 Å². The van der Waals surface area contributed by atoms with Crippen LogP contribution < -0.4 is 10.6 Å². The van der Waals surface area contributed by atoms with Gasteiger partial charge in [-0.15, -0.1) is 11.3 Å². The van der Waals surface area contributed by atoms with Crippen LogP contribution in [-0.4, -0.2) is 66.7 Å². The fraction of sp³-hybridized carbons (Fsp3) is 0.667. The van der Waals surface area contributed by atoms with Crippen molar-refractivity contribution in [3.63, 3.8) is 0 Å². The van der Waals surface area contributed by atoms with Crippen LogP contribution in [0.25, 0.3) is 0 Å². The first-order valence-electron chi connectivity index (χ1n) is 10.7. The van der Waals surface area contributed by atoms with Gasteiger partial charge in [0.05, 0.1) is 18.6 Å². The third kappa shape index (κ3) is 6.52. The predicted octanol–water partition coefficient (Wildman–Crippen LogP) is 2.52. The second-order valence-corrected chi connectivity index (χ2v) is 8.36. The molecule has 1 aromatic heterocycles. The predicted molar refractivity (Wildman–Crippen MR) is 117 cm³/mol. The number of aryl methyl sites for hydroxylation is 1. The number of hydrogen-bond acceptors (Lipinski definition) is 7. The number of amides is 1. The molecule has 0 fully saturated rings. The molecule has 0 saturated heterocycles. The molecule has 0 saturated carbocycles. The SMILES string of the molecule is CCOC(=O)c1c(NC(=O)C[C@H](NCCN(CC)CC)C(=O)O)sc2c1CCCC2. The van der Waals surface area contributed by atoms with Crippen LogP contribution in [-0.2, 0) is 27.2 Å². The first-order valence-corrected chi connectivity index (χ1v) is 11.5. The Morgan fingerprint density at radius 2 is 1.87 bits per heavy atom. The van der Waals surface area contributed by atoms with Crippen molar-refractivity contribution < 1.29 is 24.2 Å². The summed E-state index contributed by atoms with van der Waals surface area (Å²) >= 11 is 1.40. The van der Waals surface area contributed by atoms with E-state index in [2.05, 4.69) is 15.5 Å².